The zero-order valence-electron chi connectivity index (χ0n) is 20.0. The predicted octanol–water partition coefficient (Wildman–Crippen LogP) is 3.55. The third-order valence-electron chi connectivity index (χ3n) is 6.45. The number of benzene rings is 1. The molecule has 2 N–H and O–H groups in total. The van der Waals surface area contributed by atoms with E-state index in [1.54, 1.807) is 21.9 Å². The quantitative estimate of drug-likeness (QED) is 0.601. The summed E-state index contributed by atoms with van der Waals surface area (Å²) in [4.78, 5) is 36.8. The lowest BCUT2D eigenvalue weighted by atomic mass is 9.91. The lowest BCUT2D eigenvalue weighted by Gasteiger charge is -2.39. The number of hydrogen-bond donors (Lipinski definition) is 2. The van der Waals surface area contributed by atoms with Crippen LogP contribution in [0, 0.1) is 0 Å². The van der Waals surface area contributed by atoms with E-state index in [-0.39, 0.29) is 29.1 Å². The number of piperazine rings is 1. The van der Waals surface area contributed by atoms with Crippen molar-refractivity contribution < 1.29 is 22.8 Å². The summed E-state index contributed by atoms with van der Waals surface area (Å²) in [5.41, 5.74) is 0.721. The summed E-state index contributed by atoms with van der Waals surface area (Å²) in [6.07, 6.45) is -4.17. The third-order valence-corrected chi connectivity index (χ3v) is 6.70. The molecule has 0 aliphatic carbocycles. The molecule has 1 aromatic heterocycles. The zero-order valence-corrected chi connectivity index (χ0v) is 20.7. The fourth-order valence-electron chi connectivity index (χ4n) is 4.56. The summed E-state index contributed by atoms with van der Waals surface area (Å²) in [6.45, 7) is 5.71. The van der Waals surface area contributed by atoms with Crippen LogP contribution in [0.25, 0.3) is 0 Å². The number of alkyl halides is 3. The number of hydrogen-bond acceptors (Lipinski definition) is 6. The summed E-state index contributed by atoms with van der Waals surface area (Å²) in [5.74, 6) is -3.16. The van der Waals surface area contributed by atoms with Crippen LogP contribution in [0.5, 0.6) is 0 Å². The number of nitrogens with one attached hydrogen (secondary N) is 2. The van der Waals surface area contributed by atoms with Gasteiger partial charge >= 0.3 is 6.18 Å². The number of anilines is 2. The monoisotopic (exact) mass is 524 g/mol. The normalized spacial score (nSPS) is 19.2. The van der Waals surface area contributed by atoms with Crippen molar-refractivity contribution in [2.75, 3.05) is 42.9 Å². The van der Waals surface area contributed by atoms with E-state index in [1.807, 2.05) is 26.0 Å². The number of rotatable bonds is 6. The second-order valence-electron chi connectivity index (χ2n) is 9.29. The first-order valence-electron chi connectivity index (χ1n) is 11.8. The molecule has 0 unspecified atom stereocenters. The lowest BCUT2D eigenvalue weighted by molar-refractivity contribution is -0.156. The first-order valence-corrected chi connectivity index (χ1v) is 12.2. The number of nitrogens with zero attached hydrogens (tertiary/aromatic N) is 4. The average molecular weight is 525 g/mol. The molecule has 2 aliphatic rings. The molecule has 0 spiro atoms. The Balaban J connectivity index is 1.52. The van der Waals surface area contributed by atoms with Gasteiger partial charge in [-0.2, -0.15) is 13.2 Å². The standard InChI is InChI=1S/C24H28ClF3N6O2/c1-14(2)29-12-17(15-3-5-16(25)6-4-15)23(36)34-9-7-33(8-10-34)22-20-18(24(26,27)28)11-19(35)32-21(20)30-13-31-22/h3-6,13-14,17-18,29H,7-12H2,1-2H3,(H,30,31,32,35)/t17-,18-/m1/s1. The van der Waals surface area contributed by atoms with Crippen LogP contribution >= 0.6 is 11.6 Å². The fraction of sp³-hybridized carbons (Fsp3) is 0.500. The molecule has 12 heteroatoms. The Kier molecular flexibility index (Phi) is 7.70. The minimum atomic E-state index is -4.61. The Morgan fingerprint density at radius 1 is 1.17 bits per heavy atom. The molecule has 2 aliphatic heterocycles. The molecule has 2 aromatic rings. The van der Waals surface area contributed by atoms with Gasteiger partial charge in [0.2, 0.25) is 11.8 Å². The van der Waals surface area contributed by atoms with Crippen molar-refractivity contribution in [2.45, 2.75) is 44.3 Å². The fourth-order valence-corrected chi connectivity index (χ4v) is 4.69. The van der Waals surface area contributed by atoms with Gasteiger partial charge in [-0.1, -0.05) is 37.6 Å². The predicted molar refractivity (Wildman–Crippen MR) is 130 cm³/mol. The highest BCUT2D eigenvalue weighted by atomic mass is 35.5. The maximum Gasteiger partial charge on any atom is 0.396 e. The number of fused-ring (bicyclic) bond motifs is 1. The van der Waals surface area contributed by atoms with Crippen LogP contribution in [-0.4, -0.2) is 71.6 Å². The molecule has 194 valence electrons. The summed E-state index contributed by atoms with van der Waals surface area (Å²) < 4.78 is 41.4. The van der Waals surface area contributed by atoms with Crippen molar-refractivity contribution in [3.63, 3.8) is 0 Å². The van der Waals surface area contributed by atoms with Crippen LogP contribution in [0.3, 0.4) is 0 Å². The molecule has 0 saturated carbocycles. The number of carbonyl (C=O) groups is 2. The van der Waals surface area contributed by atoms with Crippen LogP contribution in [0.2, 0.25) is 5.02 Å². The first kappa shape index (κ1) is 26.2. The first-order chi connectivity index (χ1) is 17.0. The average Bonchev–Trinajstić information content (AvgIpc) is 2.83. The molecule has 36 heavy (non-hydrogen) atoms. The number of halogens is 4. The number of carbonyl (C=O) groups excluding carboxylic acids is 2. The zero-order chi connectivity index (χ0) is 26.0. The molecule has 0 bridgehead atoms. The van der Waals surface area contributed by atoms with Gasteiger partial charge in [0.1, 0.15) is 18.0 Å². The topological polar surface area (TPSA) is 90.5 Å². The van der Waals surface area contributed by atoms with Crippen molar-refractivity contribution in [3.05, 3.63) is 46.7 Å². The van der Waals surface area contributed by atoms with Gasteiger partial charge in [0.05, 0.1) is 17.4 Å². The van der Waals surface area contributed by atoms with Gasteiger partial charge in [0, 0.05) is 50.2 Å². The van der Waals surface area contributed by atoms with E-state index in [0.717, 1.165) is 11.9 Å². The van der Waals surface area contributed by atoms with Gasteiger partial charge in [0.25, 0.3) is 0 Å². The maximum absolute atomic E-state index is 13.8. The number of amides is 2. The van der Waals surface area contributed by atoms with Crippen molar-refractivity contribution in [1.29, 1.82) is 0 Å². The second kappa shape index (κ2) is 10.6. The lowest BCUT2D eigenvalue weighted by Crippen LogP contribution is -2.52. The van der Waals surface area contributed by atoms with Gasteiger partial charge < -0.3 is 20.4 Å². The highest BCUT2D eigenvalue weighted by Crippen LogP contribution is 2.46. The molecule has 1 aromatic carbocycles. The SMILES string of the molecule is CC(C)NC[C@@H](C(=O)N1CCN(c2ncnc3c2[C@H](C(F)(F)F)CC(=O)N3)CC1)c1ccc(Cl)cc1. The van der Waals surface area contributed by atoms with E-state index in [0.29, 0.717) is 37.7 Å². The Morgan fingerprint density at radius 3 is 2.44 bits per heavy atom. The molecule has 2 atom stereocenters. The van der Waals surface area contributed by atoms with E-state index in [2.05, 4.69) is 20.6 Å². The molecule has 4 rings (SSSR count). The van der Waals surface area contributed by atoms with Gasteiger partial charge in [-0.15, -0.1) is 0 Å². The Bertz CT molecular complexity index is 1100. The highest BCUT2D eigenvalue weighted by molar-refractivity contribution is 6.30. The smallest absolute Gasteiger partial charge is 0.353 e. The molecule has 2 amide bonds. The molecule has 3 heterocycles. The molecule has 1 saturated heterocycles. The van der Waals surface area contributed by atoms with Crippen LogP contribution in [0.15, 0.2) is 30.6 Å². The molecule has 1 fully saturated rings. The third kappa shape index (κ3) is 5.73. The van der Waals surface area contributed by atoms with E-state index in [4.69, 9.17) is 11.6 Å². The van der Waals surface area contributed by atoms with Crippen molar-refractivity contribution in [2.24, 2.45) is 0 Å². The Morgan fingerprint density at radius 2 is 1.83 bits per heavy atom. The molecule has 0 radical (unpaired) electrons. The Hall–Kier alpha value is -2.92. The summed E-state index contributed by atoms with van der Waals surface area (Å²) in [7, 11) is 0. The molecule has 8 nitrogen and oxygen atoms in total. The van der Waals surface area contributed by atoms with Crippen molar-refractivity contribution in [1.82, 2.24) is 20.2 Å². The minimum Gasteiger partial charge on any atom is -0.353 e. The maximum atomic E-state index is 13.8. The van der Waals surface area contributed by atoms with Crippen molar-refractivity contribution in [3.8, 4) is 0 Å². The van der Waals surface area contributed by atoms with Gasteiger partial charge in [-0.05, 0) is 17.7 Å². The van der Waals surface area contributed by atoms with E-state index >= 15 is 0 Å². The van der Waals surface area contributed by atoms with Crippen molar-refractivity contribution >= 4 is 35.1 Å². The van der Waals surface area contributed by atoms with Gasteiger partial charge in [-0.25, -0.2) is 9.97 Å². The number of aromatic nitrogens is 2. The van der Waals surface area contributed by atoms with E-state index in [9.17, 15) is 22.8 Å². The van der Waals surface area contributed by atoms with Crippen LogP contribution in [-0.2, 0) is 9.59 Å². The summed E-state index contributed by atoms with van der Waals surface area (Å²) >= 11 is 6.02. The minimum absolute atomic E-state index is 0.0599. The van der Waals surface area contributed by atoms with E-state index < -0.39 is 30.3 Å². The van der Waals surface area contributed by atoms with Crippen LogP contribution in [0.4, 0.5) is 24.8 Å². The molecular weight excluding hydrogens is 497 g/mol. The summed E-state index contributed by atoms with van der Waals surface area (Å²) in [6, 6.07) is 7.36. The largest absolute Gasteiger partial charge is 0.396 e. The van der Waals surface area contributed by atoms with Gasteiger partial charge in [0.15, 0.2) is 0 Å². The van der Waals surface area contributed by atoms with Crippen LogP contribution < -0.4 is 15.5 Å². The van der Waals surface area contributed by atoms with Crippen LogP contribution in [0.1, 0.15) is 43.2 Å². The van der Waals surface area contributed by atoms with Gasteiger partial charge in [-0.3, -0.25) is 9.59 Å². The van der Waals surface area contributed by atoms with E-state index in [1.165, 1.54) is 0 Å². The summed E-state index contributed by atoms with van der Waals surface area (Å²) in [5, 5.41) is 6.33. The Labute approximate surface area is 212 Å². The second-order valence-corrected chi connectivity index (χ2v) is 9.72. The molecular formula is C24H28ClF3N6O2. The highest BCUT2D eigenvalue weighted by Gasteiger charge is 2.48.